The summed E-state index contributed by atoms with van der Waals surface area (Å²) in [5, 5.41) is 19.1. The van der Waals surface area contributed by atoms with Crippen molar-refractivity contribution >= 4 is 23.3 Å². The fourth-order valence-corrected chi connectivity index (χ4v) is 2.77. The molecule has 0 fully saturated rings. The van der Waals surface area contributed by atoms with Gasteiger partial charge < -0.3 is 4.74 Å². The molecular weight excluding hydrogens is 356 g/mol. The Hall–Kier alpha value is -3.53. The predicted octanol–water partition coefficient (Wildman–Crippen LogP) is 5.85. The van der Waals surface area contributed by atoms with Crippen LogP contribution in [0.4, 0.5) is 0 Å². The van der Waals surface area contributed by atoms with Crippen LogP contribution < -0.4 is 4.74 Å². The van der Waals surface area contributed by atoms with E-state index in [1.165, 1.54) is 0 Å². The predicted molar refractivity (Wildman–Crippen MR) is 107 cm³/mol. The van der Waals surface area contributed by atoms with Crippen molar-refractivity contribution in [2.24, 2.45) is 0 Å². The van der Waals surface area contributed by atoms with Gasteiger partial charge in [-0.2, -0.15) is 10.5 Å². The second-order valence-corrected chi connectivity index (χ2v) is 6.24. The molecule has 130 valence electrons. The topological polar surface area (TPSA) is 56.8 Å². The second-order valence-electron chi connectivity index (χ2n) is 5.81. The average Bonchev–Trinajstić information content (AvgIpc) is 2.71. The molecule has 0 aromatic heterocycles. The number of allylic oxidation sites excluding steroid dienone is 1. The maximum absolute atomic E-state index is 9.43. The minimum atomic E-state index is 0.324. The summed E-state index contributed by atoms with van der Waals surface area (Å²) < 4.78 is 5.77. The number of nitriles is 2. The third-order valence-corrected chi connectivity index (χ3v) is 4.21. The summed E-state index contributed by atoms with van der Waals surface area (Å²) >= 11 is 6.00. The van der Waals surface area contributed by atoms with Crippen molar-refractivity contribution in [1.29, 1.82) is 10.5 Å². The fourth-order valence-electron chi connectivity index (χ4n) is 2.58. The lowest BCUT2D eigenvalue weighted by molar-refractivity contribution is 0.306. The van der Waals surface area contributed by atoms with Gasteiger partial charge in [0.25, 0.3) is 0 Å². The van der Waals surface area contributed by atoms with Crippen LogP contribution in [0.1, 0.15) is 22.3 Å². The summed E-state index contributed by atoms with van der Waals surface area (Å²) in [6.07, 6.45) is 1.81. The number of hydrogen-bond donors (Lipinski definition) is 0. The van der Waals surface area contributed by atoms with Crippen molar-refractivity contribution in [3.05, 3.63) is 100 Å². The highest BCUT2D eigenvalue weighted by Crippen LogP contribution is 2.22. The van der Waals surface area contributed by atoms with Gasteiger partial charge in [0.1, 0.15) is 12.4 Å². The molecule has 3 aromatic carbocycles. The van der Waals surface area contributed by atoms with Gasteiger partial charge >= 0.3 is 0 Å². The molecule has 3 aromatic rings. The van der Waals surface area contributed by atoms with E-state index in [4.69, 9.17) is 21.6 Å². The first kappa shape index (κ1) is 18.3. The summed E-state index contributed by atoms with van der Waals surface area (Å²) in [7, 11) is 0. The van der Waals surface area contributed by atoms with Crippen LogP contribution in [0.2, 0.25) is 5.02 Å². The standard InChI is InChI=1S/C23H15ClN2O/c24-22-7-3-6-18(13-22)21(15-26)12-17-8-10-23(11-9-17)27-16-20-5-2-1-4-19(20)14-25/h1-13H,16H2/b21-12-. The molecule has 0 saturated carbocycles. The Balaban J connectivity index is 1.73. The molecule has 0 N–H and O–H groups in total. The Kier molecular flexibility index (Phi) is 5.90. The maximum Gasteiger partial charge on any atom is 0.119 e. The van der Waals surface area contributed by atoms with Crippen LogP contribution in [-0.2, 0) is 6.61 Å². The molecule has 0 saturated heterocycles. The molecular formula is C23H15ClN2O. The Morgan fingerprint density at radius 2 is 1.74 bits per heavy atom. The fraction of sp³-hybridized carbons (Fsp3) is 0.0435. The second kappa shape index (κ2) is 8.72. The van der Waals surface area contributed by atoms with Crippen LogP contribution in [0.15, 0.2) is 72.8 Å². The molecule has 0 spiro atoms. The third-order valence-electron chi connectivity index (χ3n) is 3.98. The monoisotopic (exact) mass is 370 g/mol. The zero-order chi connectivity index (χ0) is 19.1. The molecule has 0 heterocycles. The van der Waals surface area contributed by atoms with Gasteiger partial charge in [0.05, 0.1) is 23.3 Å². The van der Waals surface area contributed by atoms with Crippen molar-refractivity contribution in [1.82, 2.24) is 0 Å². The van der Waals surface area contributed by atoms with E-state index in [9.17, 15) is 5.26 Å². The van der Waals surface area contributed by atoms with Crippen LogP contribution in [0, 0.1) is 22.7 Å². The lowest BCUT2D eigenvalue weighted by atomic mass is 10.0. The minimum Gasteiger partial charge on any atom is -0.489 e. The summed E-state index contributed by atoms with van der Waals surface area (Å²) in [6, 6.07) is 26.4. The van der Waals surface area contributed by atoms with Gasteiger partial charge in [-0.3, -0.25) is 0 Å². The molecule has 27 heavy (non-hydrogen) atoms. The van der Waals surface area contributed by atoms with E-state index in [1.54, 1.807) is 24.3 Å². The molecule has 3 rings (SSSR count). The zero-order valence-electron chi connectivity index (χ0n) is 14.4. The molecule has 0 amide bonds. The number of halogens is 1. The lowest BCUT2D eigenvalue weighted by Gasteiger charge is -2.08. The molecule has 0 aliphatic heterocycles. The molecule has 3 nitrogen and oxygen atoms in total. The third kappa shape index (κ3) is 4.76. The van der Waals surface area contributed by atoms with Crippen LogP contribution in [0.3, 0.4) is 0 Å². The quantitative estimate of drug-likeness (QED) is 0.417. The first-order chi connectivity index (χ1) is 13.2. The number of rotatable bonds is 5. The number of benzene rings is 3. The summed E-state index contributed by atoms with van der Waals surface area (Å²) in [5.74, 6) is 0.696. The van der Waals surface area contributed by atoms with Crippen LogP contribution >= 0.6 is 11.6 Å². The van der Waals surface area contributed by atoms with E-state index < -0.39 is 0 Å². The normalized spacial score (nSPS) is 10.7. The summed E-state index contributed by atoms with van der Waals surface area (Å²) in [6.45, 7) is 0.324. The SMILES string of the molecule is N#C/C(=C/c1ccc(OCc2ccccc2C#N)cc1)c1cccc(Cl)c1. The smallest absolute Gasteiger partial charge is 0.119 e. The van der Waals surface area contributed by atoms with Crippen molar-refractivity contribution < 1.29 is 4.74 Å². The van der Waals surface area contributed by atoms with Gasteiger partial charge in [0, 0.05) is 10.6 Å². The average molecular weight is 371 g/mol. The number of hydrogen-bond acceptors (Lipinski definition) is 3. The first-order valence-electron chi connectivity index (χ1n) is 8.28. The van der Waals surface area contributed by atoms with Gasteiger partial charge in [-0.05, 0) is 47.5 Å². The van der Waals surface area contributed by atoms with Crippen LogP contribution in [0.25, 0.3) is 11.6 Å². The molecule has 4 heteroatoms. The highest BCUT2D eigenvalue weighted by Gasteiger charge is 2.04. The van der Waals surface area contributed by atoms with Crippen LogP contribution in [-0.4, -0.2) is 0 Å². The van der Waals surface area contributed by atoms with Crippen LogP contribution in [0.5, 0.6) is 5.75 Å². The van der Waals surface area contributed by atoms with Gasteiger partial charge in [-0.15, -0.1) is 0 Å². The van der Waals surface area contributed by atoms with E-state index >= 15 is 0 Å². The van der Waals surface area contributed by atoms with Gasteiger partial charge in [0.15, 0.2) is 0 Å². The van der Waals surface area contributed by atoms with E-state index in [0.717, 1.165) is 16.7 Å². The van der Waals surface area contributed by atoms with Gasteiger partial charge in [-0.1, -0.05) is 54.1 Å². The lowest BCUT2D eigenvalue weighted by Crippen LogP contribution is -1.98. The van der Waals surface area contributed by atoms with Crippen molar-refractivity contribution in [2.75, 3.05) is 0 Å². The van der Waals surface area contributed by atoms with Gasteiger partial charge in [-0.25, -0.2) is 0 Å². The summed E-state index contributed by atoms with van der Waals surface area (Å²) in [4.78, 5) is 0. The number of nitrogens with zero attached hydrogens (tertiary/aromatic N) is 2. The Bertz CT molecular complexity index is 1060. The molecule has 0 radical (unpaired) electrons. The van der Waals surface area contributed by atoms with Crippen molar-refractivity contribution in [3.8, 4) is 17.9 Å². The zero-order valence-corrected chi connectivity index (χ0v) is 15.1. The highest BCUT2D eigenvalue weighted by atomic mass is 35.5. The molecule has 0 aliphatic carbocycles. The van der Waals surface area contributed by atoms with E-state index in [-0.39, 0.29) is 0 Å². The Morgan fingerprint density at radius 3 is 2.44 bits per heavy atom. The van der Waals surface area contributed by atoms with E-state index in [2.05, 4.69) is 12.1 Å². The van der Waals surface area contributed by atoms with Gasteiger partial charge in [0.2, 0.25) is 0 Å². The van der Waals surface area contributed by atoms with Crippen molar-refractivity contribution in [2.45, 2.75) is 6.61 Å². The molecule has 0 bridgehead atoms. The van der Waals surface area contributed by atoms with E-state index in [1.807, 2.05) is 54.6 Å². The highest BCUT2D eigenvalue weighted by molar-refractivity contribution is 6.30. The number of ether oxygens (including phenoxy) is 1. The molecule has 0 atom stereocenters. The Morgan fingerprint density at radius 1 is 0.963 bits per heavy atom. The maximum atomic E-state index is 9.43. The van der Waals surface area contributed by atoms with Crippen molar-refractivity contribution in [3.63, 3.8) is 0 Å². The Labute approximate surface area is 163 Å². The minimum absolute atomic E-state index is 0.324. The molecule has 0 unspecified atom stereocenters. The first-order valence-corrected chi connectivity index (χ1v) is 8.66. The summed E-state index contributed by atoms with van der Waals surface area (Å²) in [5.41, 5.74) is 3.65. The van der Waals surface area contributed by atoms with E-state index in [0.29, 0.717) is 28.5 Å². The largest absolute Gasteiger partial charge is 0.489 e. The molecule has 0 aliphatic rings.